The molecule has 0 N–H and O–H groups in total. The van der Waals surface area contributed by atoms with E-state index < -0.39 is 29.7 Å². The molecule has 0 spiro atoms. The molecule has 1 amide bonds. The number of carbonyl (C=O) groups is 1. The van der Waals surface area contributed by atoms with Gasteiger partial charge >= 0.3 is 5.69 Å². The SMILES string of the molecule is Cn1c(=O)n(CC(=O)N2N=C3/C(=C\c4ccc(Cl)cc4)CCCC3C2c2ccc(Cl)cc2)c(=O)c2cc(Br)cnc21. The molecule has 1 aliphatic carbocycles. The topological polar surface area (TPSA) is 89.6 Å². The Labute approximate surface area is 253 Å². The van der Waals surface area contributed by atoms with Gasteiger partial charge < -0.3 is 0 Å². The molecule has 6 rings (SSSR count). The van der Waals surface area contributed by atoms with Gasteiger partial charge in [0.05, 0.1) is 17.1 Å². The van der Waals surface area contributed by atoms with Gasteiger partial charge in [0.15, 0.2) is 0 Å². The Balaban J connectivity index is 1.43. The van der Waals surface area contributed by atoms with Crippen LogP contribution in [-0.4, -0.2) is 30.7 Å². The third-order valence-electron chi connectivity index (χ3n) is 7.62. The van der Waals surface area contributed by atoms with Gasteiger partial charge in [-0.15, -0.1) is 0 Å². The van der Waals surface area contributed by atoms with Crippen LogP contribution in [0.15, 0.2) is 85.5 Å². The molecule has 2 unspecified atom stereocenters. The molecule has 208 valence electrons. The molecule has 0 radical (unpaired) electrons. The third-order valence-corrected chi connectivity index (χ3v) is 8.55. The van der Waals surface area contributed by atoms with Crippen LogP contribution in [-0.2, 0) is 18.4 Å². The van der Waals surface area contributed by atoms with Crippen LogP contribution in [0.2, 0.25) is 10.0 Å². The van der Waals surface area contributed by atoms with E-state index in [1.165, 1.54) is 22.8 Å². The van der Waals surface area contributed by atoms with Crippen molar-refractivity contribution < 1.29 is 4.79 Å². The number of fused-ring (bicyclic) bond motifs is 2. The molecule has 2 atom stereocenters. The highest BCUT2D eigenvalue weighted by molar-refractivity contribution is 9.10. The summed E-state index contributed by atoms with van der Waals surface area (Å²) in [5, 5.41) is 7.79. The molecule has 0 bridgehead atoms. The van der Waals surface area contributed by atoms with Crippen molar-refractivity contribution in [2.75, 3.05) is 0 Å². The van der Waals surface area contributed by atoms with Crippen LogP contribution < -0.4 is 11.2 Å². The van der Waals surface area contributed by atoms with Crippen molar-refractivity contribution in [1.82, 2.24) is 19.1 Å². The van der Waals surface area contributed by atoms with Crippen molar-refractivity contribution in [3.05, 3.63) is 113 Å². The van der Waals surface area contributed by atoms with Crippen LogP contribution in [0.4, 0.5) is 0 Å². The van der Waals surface area contributed by atoms with Gasteiger partial charge in [-0.3, -0.25) is 18.7 Å². The summed E-state index contributed by atoms with van der Waals surface area (Å²) in [5.41, 5.74) is 2.80. The molecule has 1 aliphatic heterocycles. The monoisotopic (exact) mass is 651 g/mol. The Morgan fingerprint density at radius 3 is 2.46 bits per heavy atom. The predicted molar refractivity (Wildman–Crippen MR) is 164 cm³/mol. The van der Waals surface area contributed by atoms with Crippen LogP contribution in [0, 0.1) is 5.92 Å². The lowest BCUT2D eigenvalue weighted by atomic mass is 9.77. The first-order valence-electron chi connectivity index (χ1n) is 13.1. The van der Waals surface area contributed by atoms with Gasteiger partial charge in [0, 0.05) is 33.7 Å². The number of pyridine rings is 1. The molecule has 1 fully saturated rings. The Hall–Kier alpha value is -3.53. The first-order valence-corrected chi connectivity index (χ1v) is 14.6. The maximum absolute atomic E-state index is 14.0. The van der Waals surface area contributed by atoms with Crippen molar-refractivity contribution in [3.63, 3.8) is 0 Å². The Kier molecular flexibility index (Phi) is 7.44. The van der Waals surface area contributed by atoms with Crippen LogP contribution in [0.1, 0.15) is 36.4 Å². The van der Waals surface area contributed by atoms with Gasteiger partial charge in [0.25, 0.3) is 11.5 Å². The fourth-order valence-electron chi connectivity index (χ4n) is 5.67. The summed E-state index contributed by atoms with van der Waals surface area (Å²) in [7, 11) is 1.53. The minimum absolute atomic E-state index is 0.0521. The molecule has 41 heavy (non-hydrogen) atoms. The van der Waals surface area contributed by atoms with Gasteiger partial charge in [-0.25, -0.2) is 14.8 Å². The molecule has 4 aromatic rings. The van der Waals surface area contributed by atoms with Gasteiger partial charge in [0.1, 0.15) is 12.2 Å². The average Bonchev–Trinajstić information content (AvgIpc) is 3.36. The largest absolute Gasteiger partial charge is 0.332 e. The lowest BCUT2D eigenvalue weighted by Crippen LogP contribution is -2.44. The van der Waals surface area contributed by atoms with E-state index in [4.69, 9.17) is 28.3 Å². The number of nitrogens with zero attached hydrogens (tertiary/aromatic N) is 5. The van der Waals surface area contributed by atoms with Gasteiger partial charge in [-0.2, -0.15) is 5.10 Å². The third kappa shape index (κ3) is 5.18. The second-order valence-electron chi connectivity index (χ2n) is 10.2. The van der Waals surface area contributed by atoms with E-state index in [9.17, 15) is 14.4 Å². The van der Waals surface area contributed by atoms with Crippen molar-refractivity contribution in [2.45, 2.75) is 31.8 Å². The predicted octanol–water partition coefficient (Wildman–Crippen LogP) is 5.99. The van der Waals surface area contributed by atoms with E-state index in [0.29, 0.717) is 14.5 Å². The highest BCUT2D eigenvalue weighted by atomic mass is 79.9. The minimum Gasteiger partial charge on any atom is -0.280 e. The molecule has 8 nitrogen and oxygen atoms in total. The summed E-state index contributed by atoms with van der Waals surface area (Å²) in [4.78, 5) is 44.7. The van der Waals surface area contributed by atoms with Crippen LogP contribution in [0.5, 0.6) is 0 Å². The van der Waals surface area contributed by atoms with Crippen molar-refractivity contribution in [1.29, 1.82) is 0 Å². The van der Waals surface area contributed by atoms with E-state index in [1.54, 1.807) is 18.2 Å². The van der Waals surface area contributed by atoms with Crippen molar-refractivity contribution in [2.24, 2.45) is 18.1 Å². The number of halogens is 3. The fourth-order valence-corrected chi connectivity index (χ4v) is 6.25. The van der Waals surface area contributed by atoms with Crippen LogP contribution >= 0.6 is 39.1 Å². The zero-order chi connectivity index (χ0) is 28.8. The number of benzene rings is 2. The number of allylic oxidation sites excluding steroid dienone is 1. The van der Waals surface area contributed by atoms with Crippen molar-refractivity contribution >= 4 is 67.9 Å². The van der Waals surface area contributed by atoms with E-state index in [-0.39, 0.29) is 17.0 Å². The Morgan fingerprint density at radius 1 is 1.07 bits per heavy atom. The summed E-state index contributed by atoms with van der Waals surface area (Å²) in [6.45, 7) is -0.461. The minimum atomic E-state index is -0.624. The highest BCUT2D eigenvalue weighted by Gasteiger charge is 2.43. The zero-order valence-corrected chi connectivity index (χ0v) is 25.0. The molecule has 2 aromatic carbocycles. The molecule has 11 heteroatoms. The lowest BCUT2D eigenvalue weighted by Gasteiger charge is -2.29. The van der Waals surface area contributed by atoms with Gasteiger partial charge in [-0.05, 0) is 88.3 Å². The molecule has 3 heterocycles. The first kappa shape index (κ1) is 27.6. The van der Waals surface area contributed by atoms with E-state index in [2.05, 4.69) is 27.0 Å². The number of hydrogen-bond donors (Lipinski definition) is 0. The summed E-state index contributed by atoms with van der Waals surface area (Å²) < 4.78 is 2.82. The average molecular weight is 653 g/mol. The van der Waals surface area contributed by atoms with E-state index >= 15 is 0 Å². The Bertz CT molecular complexity index is 1860. The number of rotatable bonds is 4. The lowest BCUT2D eigenvalue weighted by molar-refractivity contribution is -0.134. The van der Waals surface area contributed by atoms with E-state index in [0.717, 1.165) is 46.2 Å². The second kappa shape index (κ2) is 11.0. The molecule has 0 saturated heterocycles. The number of aromatic nitrogens is 3. The molecular weight excluding hydrogens is 629 g/mol. The highest BCUT2D eigenvalue weighted by Crippen LogP contribution is 2.44. The molecule has 1 saturated carbocycles. The van der Waals surface area contributed by atoms with Crippen molar-refractivity contribution in [3.8, 4) is 0 Å². The zero-order valence-electron chi connectivity index (χ0n) is 21.9. The summed E-state index contributed by atoms with van der Waals surface area (Å²) in [6.07, 6.45) is 6.19. The molecule has 2 aliphatic rings. The van der Waals surface area contributed by atoms with Gasteiger partial charge in [0.2, 0.25) is 0 Å². The number of hydrogen-bond acceptors (Lipinski definition) is 5. The normalized spacial score (nSPS) is 19.5. The smallest absolute Gasteiger partial charge is 0.280 e. The quantitative estimate of drug-likeness (QED) is 0.271. The number of aryl methyl sites for hydroxylation is 1. The Morgan fingerprint density at radius 2 is 1.76 bits per heavy atom. The molecular formula is C30H24BrCl2N5O3. The van der Waals surface area contributed by atoms with Crippen LogP contribution in [0.3, 0.4) is 0 Å². The maximum Gasteiger partial charge on any atom is 0.332 e. The summed E-state index contributed by atoms with van der Waals surface area (Å²) in [6, 6.07) is 16.1. The second-order valence-corrected chi connectivity index (χ2v) is 12.0. The number of hydrazone groups is 1. The van der Waals surface area contributed by atoms with Gasteiger partial charge in [-0.1, -0.05) is 47.5 Å². The summed E-state index contributed by atoms with van der Waals surface area (Å²) >= 11 is 15.6. The molecule has 2 aromatic heterocycles. The fraction of sp³-hybridized carbons (Fsp3) is 0.233. The van der Waals surface area contributed by atoms with Crippen LogP contribution in [0.25, 0.3) is 17.1 Å². The van der Waals surface area contributed by atoms with E-state index in [1.807, 2.05) is 36.4 Å². The first-order chi connectivity index (χ1) is 19.7. The number of carbonyl (C=O) groups excluding carboxylic acids is 1. The maximum atomic E-state index is 14.0. The standard InChI is InChI=1S/C30H24BrCl2N5O3/c1-36-28-24(14-20(31)15-34-28)29(40)37(30(36)41)16-25(39)38-27(18-7-11-22(33)12-8-18)23-4-2-3-19(26(23)35-38)13-17-5-9-21(32)10-6-17/h5-15,23,27H,2-4,16H2,1H3/b19-13-. The summed E-state index contributed by atoms with van der Waals surface area (Å²) in [5.74, 6) is -0.511. The number of amides is 1.